The molecule has 9 heteroatoms. The zero-order chi connectivity index (χ0) is 12.7. The summed E-state index contributed by atoms with van der Waals surface area (Å²) in [4.78, 5) is 25.4. The molecule has 1 aromatic heterocycles. The number of carbonyl (C=O) groups is 2. The zero-order valence-electron chi connectivity index (χ0n) is 8.79. The summed E-state index contributed by atoms with van der Waals surface area (Å²) in [5.74, 6) is -0.872. The number of nitrogens with one attached hydrogen (secondary N) is 2. The summed E-state index contributed by atoms with van der Waals surface area (Å²) in [5, 5.41) is 25.2. The second-order valence-electron chi connectivity index (χ2n) is 3.07. The van der Waals surface area contributed by atoms with Crippen molar-refractivity contribution in [1.29, 1.82) is 0 Å². The summed E-state index contributed by atoms with van der Waals surface area (Å²) < 4.78 is 4.49. The number of aliphatic hydroxyl groups is 1. The smallest absolute Gasteiger partial charge is 0.328 e. The van der Waals surface area contributed by atoms with E-state index >= 15 is 0 Å². The molecule has 0 spiro atoms. The molecule has 0 radical (unpaired) electrons. The van der Waals surface area contributed by atoms with Crippen molar-refractivity contribution < 1.29 is 24.3 Å². The Morgan fingerprint density at radius 3 is 2.82 bits per heavy atom. The fourth-order valence-electron chi connectivity index (χ4n) is 0.985. The number of hydrogen-bond donors (Lipinski definition) is 4. The van der Waals surface area contributed by atoms with Crippen LogP contribution in [-0.4, -0.2) is 51.5 Å². The van der Waals surface area contributed by atoms with Crippen molar-refractivity contribution in [3.8, 4) is 0 Å². The molecule has 1 aromatic rings. The predicted octanol–water partition coefficient (Wildman–Crippen LogP) is -1.64. The van der Waals surface area contributed by atoms with E-state index in [9.17, 15) is 9.59 Å². The Labute approximate surface area is 95.8 Å². The first kappa shape index (κ1) is 12.9. The van der Waals surface area contributed by atoms with Crippen molar-refractivity contribution in [1.82, 2.24) is 20.8 Å². The van der Waals surface area contributed by atoms with Crippen LogP contribution in [0.1, 0.15) is 5.82 Å². The number of carboxylic acids is 1. The highest BCUT2D eigenvalue weighted by molar-refractivity contribution is 5.82. The second-order valence-corrected chi connectivity index (χ2v) is 3.07. The summed E-state index contributed by atoms with van der Waals surface area (Å²) in [5.41, 5.74) is 0. The molecule has 1 atom stereocenters. The van der Waals surface area contributed by atoms with Gasteiger partial charge in [-0.1, -0.05) is 5.16 Å². The molecule has 0 fully saturated rings. The van der Waals surface area contributed by atoms with Gasteiger partial charge >= 0.3 is 12.0 Å². The normalized spacial score (nSPS) is 11.8. The molecule has 0 unspecified atom stereocenters. The number of carbonyl (C=O) groups excluding carboxylic acids is 1. The van der Waals surface area contributed by atoms with Gasteiger partial charge in [-0.15, -0.1) is 0 Å². The van der Waals surface area contributed by atoms with E-state index in [4.69, 9.17) is 10.2 Å². The molecule has 1 rings (SSSR count). The van der Waals surface area contributed by atoms with Gasteiger partial charge in [-0.25, -0.2) is 9.59 Å². The topological polar surface area (TPSA) is 138 Å². The van der Waals surface area contributed by atoms with Gasteiger partial charge in [0.2, 0.25) is 6.39 Å². The van der Waals surface area contributed by atoms with Crippen LogP contribution in [0, 0.1) is 0 Å². The summed E-state index contributed by atoms with van der Waals surface area (Å²) in [6.07, 6.45) is 1.53. The summed E-state index contributed by atoms with van der Waals surface area (Å²) in [6.45, 7) is -0.448. The highest BCUT2D eigenvalue weighted by atomic mass is 16.5. The molecular formula is C8H12N4O5. The highest BCUT2D eigenvalue weighted by Crippen LogP contribution is 1.88. The van der Waals surface area contributed by atoms with Crippen LogP contribution < -0.4 is 10.6 Å². The van der Waals surface area contributed by atoms with Gasteiger partial charge in [0.15, 0.2) is 11.9 Å². The van der Waals surface area contributed by atoms with Crippen molar-refractivity contribution in [2.75, 3.05) is 13.2 Å². The molecule has 0 aliphatic heterocycles. The van der Waals surface area contributed by atoms with E-state index in [0.29, 0.717) is 12.2 Å². The van der Waals surface area contributed by atoms with Gasteiger partial charge in [0.05, 0.1) is 6.61 Å². The van der Waals surface area contributed by atoms with E-state index in [1.807, 2.05) is 0 Å². The van der Waals surface area contributed by atoms with Crippen LogP contribution in [0.2, 0.25) is 0 Å². The molecular weight excluding hydrogens is 232 g/mol. The third kappa shape index (κ3) is 4.47. The number of rotatable bonds is 6. The molecule has 0 aliphatic carbocycles. The quantitative estimate of drug-likeness (QED) is 0.470. The van der Waals surface area contributed by atoms with Gasteiger partial charge in [0, 0.05) is 13.0 Å². The van der Waals surface area contributed by atoms with Crippen LogP contribution in [0.3, 0.4) is 0 Å². The number of aliphatic hydroxyl groups excluding tert-OH is 1. The van der Waals surface area contributed by atoms with Crippen LogP contribution in [0.5, 0.6) is 0 Å². The van der Waals surface area contributed by atoms with Crippen molar-refractivity contribution >= 4 is 12.0 Å². The number of amides is 2. The first-order valence-electron chi connectivity index (χ1n) is 4.76. The SMILES string of the molecule is O=C(NCCc1ncon1)N[C@@H](CO)C(=O)O. The summed E-state index contributed by atoms with van der Waals surface area (Å²) >= 11 is 0. The van der Waals surface area contributed by atoms with Crippen molar-refractivity contribution in [2.24, 2.45) is 0 Å². The minimum Gasteiger partial charge on any atom is -0.480 e. The Kier molecular flexibility index (Phi) is 4.88. The van der Waals surface area contributed by atoms with E-state index in [0.717, 1.165) is 0 Å². The molecule has 0 bridgehead atoms. The zero-order valence-corrected chi connectivity index (χ0v) is 8.79. The Morgan fingerprint density at radius 2 is 2.29 bits per heavy atom. The Bertz CT molecular complexity index is 366. The number of nitrogens with zero attached hydrogens (tertiary/aromatic N) is 2. The average molecular weight is 244 g/mol. The van der Waals surface area contributed by atoms with Gasteiger partial charge in [-0.2, -0.15) is 4.98 Å². The summed E-state index contributed by atoms with van der Waals surface area (Å²) in [7, 11) is 0. The number of carboxylic acid groups (broad SMARTS) is 1. The van der Waals surface area contributed by atoms with E-state index in [1.165, 1.54) is 6.39 Å². The van der Waals surface area contributed by atoms with Gasteiger partial charge in [-0.05, 0) is 0 Å². The van der Waals surface area contributed by atoms with Crippen LogP contribution in [0.15, 0.2) is 10.9 Å². The van der Waals surface area contributed by atoms with Crippen molar-refractivity contribution in [2.45, 2.75) is 12.5 Å². The third-order valence-corrected chi connectivity index (χ3v) is 1.83. The van der Waals surface area contributed by atoms with Crippen molar-refractivity contribution in [3.05, 3.63) is 12.2 Å². The molecule has 0 saturated carbocycles. The second kappa shape index (κ2) is 6.43. The van der Waals surface area contributed by atoms with Crippen LogP contribution in [0.25, 0.3) is 0 Å². The fraction of sp³-hybridized carbons (Fsp3) is 0.500. The molecule has 4 N–H and O–H groups in total. The minimum absolute atomic E-state index is 0.225. The fourth-order valence-corrected chi connectivity index (χ4v) is 0.985. The van der Waals surface area contributed by atoms with Gasteiger partial charge in [-0.3, -0.25) is 0 Å². The molecule has 94 valence electrons. The monoisotopic (exact) mass is 244 g/mol. The van der Waals surface area contributed by atoms with Gasteiger partial charge in [0.1, 0.15) is 0 Å². The lowest BCUT2D eigenvalue weighted by Gasteiger charge is -2.11. The molecule has 17 heavy (non-hydrogen) atoms. The maximum absolute atomic E-state index is 11.2. The average Bonchev–Trinajstić information content (AvgIpc) is 2.78. The van der Waals surface area contributed by atoms with E-state index in [2.05, 4.69) is 25.3 Å². The lowest BCUT2D eigenvalue weighted by Crippen LogP contribution is -2.48. The van der Waals surface area contributed by atoms with Crippen molar-refractivity contribution in [3.63, 3.8) is 0 Å². The minimum atomic E-state index is -1.32. The maximum Gasteiger partial charge on any atom is 0.328 e. The highest BCUT2D eigenvalue weighted by Gasteiger charge is 2.18. The molecule has 0 aromatic carbocycles. The molecule has 1 heterocycles. The molecule has 0 saturated heterocycles. The number of hydrogen-bond acceptors (Lipinski definition) is 6. The van der Waals surface area contributed by atoms with Crippen LogP contribution >= 0.6 is 0 Å². The number of aromatic nitrogens is 2. The number of aliphatic carboxylic acids is 1. The number of urea groups is 1. The van der Waals surface area contributed by atoms with E-state index in [1.54, 1.807) is 0 Å². The predicted molar refractivity (Wildman–Crippen MR) is 53.0 cm³/mol. The van der Waals surface area contributed by atoms with Crippen LogP contribution in [0.4, 0.5) is 4.79 Å². The van der Waals surface area contributed by atoms with Gasteiger partial charge in [0.25, 0.3) is 0 Å². The Balaban J connectivity index is 2.23. The lowest BCUT2D eigenvalue weighted by atomic mass is 10.3. The molecule has 2 amide bonds. The standard InChI is InChI=1S/C8H12N4O5/c13-3-5(7(14)15)11-8(16)9-2-1-6-10-4-17-12-6/h4-5,13H,1-3H2,(H,14,15)(H2,9,11,16)/t5-/m0/s1. The van der Waals surface area contributed by atoms with Crippen LogP contribution in [-0.2, 0) is 11.2 Å². The Morgan fingerprint density at radius 1 is 1.53 bits per heavy atom. The third-order valence-electron chi connectivity index (χ3n) is 1.83. The largest absolute Gasteiger partial charge is 0.480 e. The first-order valence-corrected chi connectivity index (χ1v) is 4.76. The first-order chi connectivity index (χ1) is 8.13. The molecule has 0 aliphatic rings. The maximum atomic E-state index is 11.2. The van der Waals surface area contributed by atoms with E-state index in [-0.39, 0.29) is 6.54 Å². The van der Waals surface area contributed by atoms with Gasteiger partial charge < -0.3 is 25.4 Å². The summed E-state index contributed by atoms with van der Waals surface area (Å²) in [6, 6.07) is -2.00. The van der Waals surface area contributed by atoms with E-state index < -0.39 is 24.6 Å². The lowest BCUT2D eigenvalue weighted by molar-refractivity contribution is -0.140. The molecule has 9 nitrogen and oxygen atoms in total. The Hall–Kier alpha value is -2.16.